The van der Waals surface area contributed by atoms with E-state index >= 15 is 0 Å². The summed E-state index contributed by atoms with van der Waals surface area (Å²) in [6, 6.07) is 1.36. The predicted octanol–water partition coefficient (Wildman–Crippen LogP) is 1.04. The van der Waals surface area contributed by atoms with Crippen LogP contribution in [0.5, 0.6) is 0 Å². The minimum atomic E-state index is -0.781. The third-order valence-corrected chi connectivity index (χ3v) is 1.43. The van der Waals surface area contributed by atoms with Gasteiger partial charge in [-0.05, 0) is 11.6 Å². The van der Waals surface area contributed by atoms with Gasteiger partial charge in [-0.2, -0.15) is 4.39 Å². The smallest absolute Gasteiger partial charge is 0.223 e. The molecule has 13 heavy (non-hydrogen) atoms. The number of aldehydes is 1. The van der Waals surface area contributed by atoms with Gasteiger partial charge in [0.2, 0.25) is 5.95 Å². The van der Waals surface area contributed by atoms with Crippen LogP contribution in [0.2, 0.25) is 0 Å². The van der Waals surface area contributed by atoms with Crippen molar-refractivity contribution in [3.63, 3.8) is 0 Å². The van der Waals surface area contributed by atoms with Crippen LogP contribution in [0, 0.1) is 5.95 Å². The summed E-state index contributed by atoms with van der Waals surface area (Å²) in [5.41, 5.74) is 0.498. The highest BCUT2D eigenvalue weighted by Gasteiger charge is 2.01. The van der Waals surface area contributed by atoms with E-state index in [0.717, 1.165) is 0 Å². The van der Waals surface area contributed by atoms with E-state index in [1.165, 1.54) is 18.3 Å². The zero-order valence-corrected chi connectivity index (χ0v) is 6.77. The first kappa shape index (κ1) is 9.54. The van der Waals surface area contributed by atoms with Gasteiger partial charge in [-0.3, -0.25) is 4.79 Å². The molecule has 0 saturated heterocycles. The fourth-order valence-electron chi connectivity index (χ4n) is 0.845. The first-order chi connectivity index (χ1) is 6.27. The van der Waals surface area contributed by atoms with Crippen molar-refractivity contribution in [3.8, 4) is 0 Å². The SMILES string of the molecule is O=Cc1cc(C=CCO)cnc1F. The summed E-state index contributed by atoms with van der Waals surface area (Å²) in [5.74, 6) is -0.781. The summed E-state index contributed by atoms with van der Waals surface area (Å²) in [7, 11) is 0. The maximum atomic E-state index is 12.7. The fraction of sp³-hybridized carbons (Fsp3) is 0.111. The van der Waals surface area contributed by atoms with Gasteiger partial charge in [-0.1, -0.05) is 12.2 Å². The van der Waals surface area contributed by atoms with Crippen molar-refractivity contribution in [3.05, 3.63) is 35.4 Å². The summed E-state index contributed by atoms with van der Waals surface area (Å²) in [4.78, 5) is 13.7. The second kappa shape index (κ2) is 4.47. The Morgan fingerprint density at radius 2 is 2.38 bits per heavy atom. The lowest BCUT2D eigenvalue weighted by Gasteiger charge is -1.95. The number of carbonyl (C=O) groups excluding carboxylic acids is 1. The average molecular weight is 181 g/mol. The molecular weight excluding hydrogens is 173 g/mol. The highest BCUT2D eigenvalue weighted by Crippen LogP contribution is 2.06. The standard InChI is InChI=1S/C9H8FNO2/c10-9-8(6-13)4-7(5-11-9)2-1-3-12/h1-2,4-6,12H,3H2. The summed E-state index contributed by atoms with van der Waals surface area (Å²) < 4.78 is 12.7. The van der Waals surface area contributed by atoms with Gasteiger partial charge in [0.15, 0.2) is 6.29 Å². The number of aliphatic hydroxyl groups is 1. The number of rotatable bonds is 3. The molecule has 0 amide bonds. The van der Waals surface area contributed by atoms with E-state index in [2.05, 4.69) is 4.98 Å². The number of aliphatic hydroxyl groups excluding tert-OH is 1. The summed E-state index contributed by atoms with van der Waals surface area (Å²) in [6.07, 6.45) is 4.72. The van der Waals surface area contributed by atoms with Crippen molar-refractivity contribution in [2.24, 2.45) is 0 Å². The van der Waals surface area contributed by atoms with Crippen molar-refractivity contribution in [2.75, 3.05) is 6.61 Å². The largest absolute Gasteiger partial charge is 0.392 e. The number of nitrogens with zero attached hydrogens (tertiary/aromatic N) is 1. The summed E-state index contributed by atoms with van der Waals surface area (Å²) in [6.45, 7) is -0.103. The fourth-order valence-corrected chi connectivity index (χ4v) is 0.845. The summed E-state index contributed by atoms with van der Waals surface area (Å²) in [5, 5.41) is 8.46. The normalized spacial score (nSPS) is 10.6. The lowest BCUT2D eigenvalue weighted by molar-refractivity contribution is 0.111. The van der Waals surface area contributed by atoms with Crippen LogP contribution in [-0.4, -0.2) is 23.0 Å². The maximum Gasteiger partial charge on any atom is 0.223 e. The minimum absolute atomic E-state index is 0.0833. The Morgan fingerprint density at radius 1 is 1.62 bits per heavy atom. The van der Waals surface area contributed by atoms with Gasteiger partial charge in [0.1, 0.15) is 0 Å². The molecule has 0 radical (unpaired) electrons. The van der Waals surface area contributed by atoms with Gasteiger partial charge in [-0.25, -0.2) is 4.98 Å². The molecule has 0 spiro atoms. The van der Waals surface area contributed by atoms with Gasteiger partial charge >= 0.3 is 0 Å². The molecule has 1 rings (SSSR count). The third-order valence-electron chi connectivity index (χ3n) is 1.43. The van der Waals surface area contributed by atoms with Crippen LogP contribution < -0.4 is 0 Å². The molecule has 0 unspecified atom stereocenters. The van der Waals surface area contributed by atoms with Crippen LogP contribution in [0.3, 0.4) is 0 Å². The molecule has 0 aromatic carbocycles. The highest BCUT2D eigenvalue weighted by molar-refractivity contribution is 5.75. The Hall–Kier alpha value is -1.55. The van der Waals surface area contributed by atoms with E-state index in [9.17, 15) is 9.18 Å². The zero-order chi connectivity index (χ0) is 9.68. The molecule has 0 aliphatic heterocycles. The molecule has 1 N–H and O–H groups in total. The van der Waals surface area contributed by atoms with Crippen LogP contribution in [0.1, 0.15) is 15.9 Å². The molecule has 1 heterocycles. The highest BCUT2D eigenvalue weighted by atomic mass is 19.1. The summed E-state index contributed by atoms with van der Waals surface area (Å²) >= 11 is 0. The van der Waals surface area contributed by atoms with Crippen LogP contribution in [-0.2, 0) is 0 Å². The number of carbonyl (C=O) groups is 1. The molecule has 0 fully saturated rings. The van der Waals surface area contributed by atoms with Gasteiger partial charge in [0.25, 0.3) is 0 Å². The lowest BCUT2D eigenvalue weighted by atomic mass is 10.2. The first-order valence-corrected chi connectivity index (χ1v) is 3.66. The molecule has 68 valence electrons. The van der Waals surface area contributed by atoms with Gasteiger partial charge in [-0.15, -0.1) is 0 Å². The minimum Gasteiger partial charge on any atom is -0.392 e. The molecule has 1 aromatic heterocycles. The molecule has 0 saturated carbocycles. The predicted molar refractivity (Wildman–Crippen MR) is 45.7 cm³/mol. The molecule has 4 heteroatoms. The first-order valence-electron chi connectivity index (χ1n) is 3.66. The van der Waals surface area contributed by atoms with Crippen LogP contribution in [0.4, 0.5) is 4.39 Å². The second-order valence-electron chi connectivity index (χ2n) is 2.35. The molecule has 3 nitrogen and oxygen atoms in total. The van der Waals surface area contributed by atoms with Gasteiger partial charge in [0, 0.05) is 6.20 Å². The van der Waals surface area contributed by atoms with E-state index in [4.69, 9.17) is 5.11 Å². The topological polar surface area (TPSA) is 50.2 Å². The van der Waals surface area contributed by atoms with Crippen LogP contribution in [0.25, 0.3) is 6.08 Å². The average Bonchev–Trinajstić information content (AvgIpc) is 2.16. The molecule has 0 aliphatic rings. The lowest BCUT2D eigenvalue weighted by Crippen LogP contribution is -1.92. The molecular formula is C9H8FNO2. The Balaban J connectivity index is 2.99. The van der Waals surface area contributed by atoms with Gasteiger partial charge < -0.3 is 5.11 Å². The molecule has 1 aromatic rings. The number of halogens is 1. The Kier molecular flexibility index (Phi) is 3.28. The van der Waals surface area contributed by atoms with E-state index in [1.54, 1.807) is 6.08 Å². The van der Waals surface area contributed by atoms with Crippen molar-refractivity contribution < 1.29 is 14.3 Å². The van der Waals surface area contributed by atoms with Crippen molar-refractivity contribution in [1.29, 1.82) is 0 Å². The number of aromatic nitrogens is 1. The van der Waals surface area contributed by atoms with Crippen molar-refractivity contribution in [2.45, 2.75) is 0 Å². The Labute approximate surface area is 74.5 Å². The molecule has 0 bridgehead atoms. The van der Waals surface area contributed by atoms with Gasteiger partial charge in [0.05, 0.1) is 12.2 Å². The van der Waals surface area contributed by atoms with Crippen LogP contribution in [0.15, 0.2) is 18.3 Å². The van der Waals surface area contributed by atoms with E-state index in [1.807, 2.05) is 0 Å². The van der Waals surface area contributed by atoms with E-state index in [0.29, 0.717) is 11.8 Å². The number of hydrogen-bond acceptors (Lipinski definition) is 3. The number of pyridine rings is 1. The van der Waals surface area contributed by atoms with Crippen molar-refractivity contribution in [1.82, 2.24) is 4.98 Å². The number of hydrogen-bond donors (Lipinski definition) is 1. The van der Waals surface area contributed by atoms with E-state index < -0.39 is 5.95 Å². The zero-order valence-electron chi connectivity index (χ0n) is 6.77. The van der Waals surface area contributed by atoms with Crippen molar-refractivity contribution >= 4 is 12.4 Å². The monoisotopic (exact) mass is 181 g/mol. The third kappa shape index (κ3) is 2.45. The maximum absolute atomic E-state index is 12.7. The quantitative estimate of drug-likeness (QED) is 0.559. The Bertz CT molecular complexity index is 336. The molecule has 0 atom stereocenters. The van der Waals surface area contributed by atoms with Crippen LogP contribution >= 0.6 is 0 Å². The van der Waals surface area contributed by atoms with E-state index in [-0.39, 0.29) is 12.2 Å². The molecule has 0 aliphatic carbocycles. The second-order valence-corrected chi connectivity index (χ2v) is 2.35. The Morgan fingerprint density at radius 3 is 3.00 bits per heavy atom.